The smallest absolute Gasteiger partial charge is 0.338 e. The van der Waals surface area contributed by atoms with Gasteiger partial charge in [0.25, 0.3) is 0 Å². The summed E-state index contributed by atoms with van der Waals surface area (Å²) < 4.78 is 12.4. The number of pyridine rings is 1. The van der Waals surface area contributed by atoms with Crippen molar-refractivity contribution in [1.29, 1.82) is 0 Å². The quantitative estimate of drug-likeness (QED) is 0.554. The van der Waals surface area contributed by atoms with E-state index in [1.165, 1.54) is 0 Å². The van der Waals surface area contributed by atoms with E-state index in [0.29, 0.717) is 23.8 Å². The number of anilines is 1. The second kappa shape index (κ2) is 7.20. The number of carbonyl (C=O) groups is 1. The maximum Gasteiger partial charge on any atom is 0.338 e. The predicted octanol–water partition coefficient (Wildman–Crippen LogP) is 2.91. The van der Waals surface area contributed by atoms with Crippen molar-refractivity contribution in [2.24, 2.45) is 0 Å². The Morgan fingerprint density at radius 3 is 2.85 bits per heavy atom. The summed E-state index contributed by atoms with van der Waals surface area (Å²) in [7, 11) is 1.57. The number of nitrogens with one attached hydrogen (secondary N) is 1. The largest absolute Gasteiger partial charge is 0.460 e. The van der Waals surface area contributed by atoms with E-state index in [-0.39, 0.29) is 18.6 Å². The fourth-order valence-electron chi connectivity index (χ4n) is 3.38. The van der Waals surface area contributed by atoms with Gasteiger partial charge in [0.15, 0.2) is 0 Å². The lowest BCUT2D eigenvalue weighted by atomic mass is 9.96. The number of methoxy groups -OCH3 is 1. The van der Waals surface area contributed by atoms with E-state index >= 15 is 0 Å². The Labute approximate surface area is 156 Å². The molecule has 0 amide bonds. The number of para-hydroxylation sites is 2. The highest BCUT2D eigenvalue weighted by Gasteiger charge is 2.35. The average molecular weight is 364 g/mol. The third kappa shape index (κ3) is 3.06. The molecule has 0 fully saturated rings. The van der Waals surface area contributed by atoms with E-state index in [2.05, 4.69) is 15.3 Å². The van der Waals surface area contributed by atoms with Gasteiger partial charge >= 0.3 is 5.97 Å². The number of carbonyl (C=O) groups excluding carboxylic acids is 1. The number of hydrogen-bond acceptors (Lipinski definition) is 6. The molecule has 1 unspecified atom stereocenters. The van der Waals surface area contributed by atoms with Crippen LogP contribution in [0, 0.1) is 0 Å². The summed E-state index contributed by atoms with van der Waals surface area (Å²) in [5.41, 5.74) is 3.93. The molecule has 138 valence electrons. The minimum atomic E-state index is -0.380. The number of nitrogens with zero attached hydrogens (tertiary/aromatic N) is 3. The third-order valence-corrected chi connectivity index (χ3v) is 4.57. The molecule has 0 radical (unpaired) electrons. The van der Waals surface area contributed by atoms with Crippen LogP contribution in [-0.2, 0) is 14.3 Å². The van der Waals surface area contributed by atoms with Crippen molar-refractivity contribution in [3.8, 4) is 0 Å². The lowest BCUT2D eigenvalue weighted by Gasteiger charge is -2.30. The SMILES string of the molecule is COCCOC(=O)C1=C(C)Nc2nc3ccccc3n2C1c1cccnc1. The van der Waals surface area contributed by atoms with Crippen LogP contribution in [0.25, 0.3) is 11.0 Å². The van der Waals surface area contributed by atoms with Gasteiger partial charge in [-0.2, -0.15) is 0 Å². The van der Waals surface area contributed by atoms with Crippen molar-refractivity contribution in [1.82, 2.24) is 14.5 Å². The first-order valence-electron chi connectivity index (χ1n) is 8.71. The lowest BCUT2D eigenvalue weighted by Crippen LogP contribution is -2.29. The standard InChI is InChI=1S/C20H20N4O3/c1-13-17(19(25)27-11-10-26-2)18(14-6-5-9-21-12-14)24-16-8-4-3-7-15(16)23-20(24)22-13/h3-9,12,18H,10-11H2,1-2H3,(H,22,23). The van der Waals surface area contributed by atoms with Crippen LogP contribution in [0.1, 0.15) is 18.5 Å². The van der Waals surface area contributed by atoms with Crippen LogP contribution in [0.5, 0.6) is 0 Å². The van der Waals surface area contributed by atoms with Gasteiger partial charge in [-0.05, 0) is 30.7 Å². The van der Waals surface area contributed by atoms with Gasteiger partial charge in [0.2, 0.25) is 5.95 Å². The first-order chi connectivity index (χ1) is 13.2. The number of rotatable bonds is 5. The number of ether oxygens (including phenoxy) is 2. The maximum absolute atomic E-state index is 12.9. The number of allylic oxidation sites excluding steroid dienone is 1. The van der Waals surface area contributed by atoms with Crippen molar-refractivity contribution >= 4 is 23.0 Å². The highest BCUT2D eigenvalue weighted by atomic mass is 16.6. The summed E-state index contributed by atoms with van der Waals surface area (Å²) in [5, 5.41) is 3.25. The van der Waals surface area contributed by atoms with Gasteiger partial charge in [0, 0.05) is 25.2 Å². The number of hydrogen-bond donors (Lipinski definition) is 1. The first kappa shape index (κ1) is 17.2. The summed E-state index contributed by atoms with van der Waals surface area (Å²) in [6.07, 6.45) is 3.48. The Kier molecular flexibility index (Phi) is 4.60. The normalized spacial score (nSPS) is 16.1. The molecule has 7 nitrogen and oxygen atoms in total. The van der Waals surface area contributed by atoms with Crippen molar-refractivity contribution in [2.45, 2.75) is 13.0 Å². The molecule has 0 saturated heterocycles. The van der Waals surface area contributed by atoms with Gasteiger partial charge in [-0.15, -0.1) is 0 Å². The molecule has 1 atom stereocenters. The first-order valence-corrected chi connectivity index (χ1v) is 8.71. The van der Waals surface area contributed by atoms with Gasteiger partial charge < -0.3 is 14.8 Å². The van der Waals surface area contributed by atoms with Crippen LogP contribution in [-0.4, -0.2) is 40.8 Å². The van der Waals surface area contributed by atoms with Crippen LogP contribution in [0.15, 0.2) is 60.1 Å². The molecule has 0 spiro atoms. The van der Waals surface area contributed by atoms with E-state index in [9.17, 15) is 4.79 Å². The molecule has 0 bridgehead atoms. The Morgan fingerprint density at radius 1 is 1.22 bits per heavy atom. The molecule has 3 aromatic rings. The van der Waals surface area contributed by atoms with Crippen LogP contribution in [0.3, 0.4) is 0 Å². The summed E-state index contributed by atoms with van der Waals surface area (Å²) >= 11 is 0. The molecule has 0 aliphatic carbocycles. The number of benzene rings is 1. The molecular formula is C20H20N4O3. The van der Waals surface area contributed by atoms with Crippen LogP contribution in [0.4, 0.5) is 5.95 Å². The molecule has 4 rings (SSSR count). The van der Waals surface area contributed by atoms with E-state index < -0.39 is 0 Å². The van der Waals surface area contributed by atoms with Crippen molar-refractivity contribution in [3.63, 3.8) is 0 Å². The molecule has 1 aromatic carbocycles. The van der Waals surface area contributed by atoms with Crippen molar-refractivity contribution < 1.29 is 14.3 Å². The highest BCUT2D eigenvalue weighted by molar-refractivity contribution is 5.94. The summed E-state index contributed by atoms with van der Waals surface area (Å²) in [6.45, 7) is 2.41. The molecule has 3 heterocycles. The zero-order chi connectivity index (χ0) is 18.8. The van der Waals surface area contributed by atoms with Gasteiger partial charge in [-0.1, -0.05) is 18.2 Å². The van der Waals surface area contributed by atoms with E-state index in [1.807, 2.05) is 47.9 Å². The molecule has 1 aliphatic heterocycles. The van der Waals surface area contributed by atoms with Crippen LogP contribution in [0.2, 0.25) is 0 Å². The van der Waals surface area contributed by atoms with E-state index in [1.54, 1.807) is 19.5 Å². The van der Waals surface area contributed by atoms with Gasteiger partial charge in [-0.25, -0.2) is 9.78 Å². The van der Waals surface area contributed by atoms with E-state index in [0.717, 1.165) is 16.6 Å². The Morgan fingerprint density at radius 2 is 2.07 bits per heavy atom. The molecule has 2 aromatic heterocycles. The Balaban J connectivity index is 1.86. The summed E-state index contributed by atoms with van der Waals surface area (Å²) in [6, 6.07) is 11.3. The van der Waals surface area contributed by atoms with Crippen LogP contribution < -0.4 is 5.32 Å². The number of esters is 1. The molecule has 7 heteroatoms. The zero-order valence-electron chi connectivity index (χ0n) is 15.2. The Hall–Kier alpha value is -3.19. The molecule has 1 N–H and O–H groups in total. The molecule has 1 aliphatic rings. The Bertz CT molecular complexity index is 1010. The average Bonchev–Trinajstić information content (AvgIpc) is 3.05. The van der Waals surface area contributed by atoms with Gasteiger partial charge in [-0.3, -0.25) is 9.55 Å². The minimum Gasteiger partial charge on any atom is -0.460 e. The van der Waals surface area contributed by atoms with Crippen LogP contribution >= 0.6 is 0 Å². The second-order valence-electron chi connectivity index (χ2n) is 6.28. The molecular weight excluding hydrogens is 344 g/mol. The fourth-order valence-corrected chi connectivity index (χ4v) is 3.38. The maximum atomic E-state index is 12.9. The highest BCUT2D eigenvalue weighted by Crippen LogP contribution is 2.39. The van der Waals surface area contributed by atoms with Gasteiger partial charge in [0.05, 0.1) is 29.3 Å². The number of imidazole rings is 1. The fraction of sp³-hybridized carbons (Fsp3) is 0.250. The topological polar surface area (TPSA) is 78.3 Å². The molecule has 27 heavy (non-hydrogen) atoms. The minimum absolute atomic E-state index is 0.198. The lowest BCUT2D eigenvalue weighted by molar-refractivity contribution is -0.140. The zero-order valence-corrected chi connectivity index (χ0v) is 15.2. The van der Waals surface area contributed by atoms with Crippen molar-refractivity contribution in [3.05, 3.63) is 65.6 Å². The molecule has 0 saturated carbocycles. The third-order valence-electron chi connectivity index (χ3n) is 4.57. The monoisotopic (exact) mass is 364 g/mol. The summed E-state index contributed by atoms with van der Waals surface area (Å²) in [4.78, 5) is 21.8. The number of fused-ring (bicyclic) bond motifs is 3. The van der Waals surface area contributed by atoms with Gasteiger partial charge in [0.1, 0.15) is 6.61 Å². The second-order valence-corrected chi connectivity index (χ2v) is 6.28. The summed E-state index contributed by atoms with van der Waals surface area (Å²) in [5.74, 6) is 0.310. The predicted molar refractivity (Wildman–Crippen MR) is 101 cm³/mol. The van der Waals surface area contributed by atoms with Crippen molar-refractivity contribution in [2.75, 3.05) is 25.6 Å². The van der Waals surface area contributed by atoms with E-state index in [4.69, 9.17) is 9.47 Å². The number of aromatic nitrogens is 3.